The van der Waals surface area contributed by atoms with E-state index < -0.39 is 28.5 Å². The van der Waals surface area contributed by atoms with Crippen LogP contribution in [0.15, 0.2) is 11.1 Å². The van der Waals surface area contributed by atoms with E-state index in [0.717, 1.165) is 5.54 Å². The summed E-state index contributed by atoms with van der Waals surface area (Å²) in [6.07, 6.45) is -0.936. The minimum Gasteiger partial charge on any atom is -0.467 e. The number of methoxy groups -OCH3 is 1. The van der Waals surface area contributed by atoms with Gasteiger partial charge in [-0.2, -0.15) is 0 Å². The maximum Gasteiger partial charge on any atom is 0.408 e. The highest BCUT2D eigenvalue weighted by atomic mass is 35.6. The van der Waals surface area contributed by atoms with Gasteiger partial charge in [0.15, 0.2) is 6.04 Å². The lowest BCUT2D eigenvalue weighted by molar-refractivity contribution is -0.141. The van der Waals surface area contributed by atoms with Gasteiger partial charge < -0.3 is 14.8 Å². The highest BCUT2D eigenvalue weighted by Gasteiger charge is 2.26. The fraction of sp³-hybridized carbons (Fsp3) is 0.556. The second kappa shape index (κ2) is 7.94. The van der Waals surface area contributed by atoms with Crippen LogP contribution in [-0.2, 0) is 14.3 Å². The number of ether oxygens (including phenoxy) is 2. The zero-order valence-corrected chi connectivity index (χ0v) is 12.5. The van der Waals surface area contributed by atoms with E-state index in [1.165, 1.54) is 14.0 Å². The molecule has 0 aromatic heterocycles. The van der Waals surface area contributed by atoms with Gasteiger partial charge in [0.2, 0.25) is 3.79 Å². The number of hydrogen-bond acceptors (Lipinski definition) is 4. The summed E-state index contributed by atoms with van der Waals surface area (Å²) in [5.74, 6) is -0.699. The predicted octanol–water partition coefficient (Wildman–Crippen LogP) is 2.77. The predicted molar refractivity (Wildman–Crippen MR) is 70.2 cm³/mol. The number of rotatable bonds is 4. The van der Waals surface area contributed by atoms with Crippen LogP contribution in [-0.4, -0.2) is 35.6 Å². The van der Waals surface area contributed by atoms with Crippen LogP contribution in [0.1, 0.15) is 6.92 Å². The Kier molecular flexibility index (Phi) is 7.78. The third-order valence-corrected chi connectivity index (χ3v) is 2.36. The normalized spacial score (nSPS) is 13.8. The Morgan fingerprint density at radius 1 is 1.39 bits per heavy atom. The van der Waals surface area contributed by atoms with E-state index >= 15 is 0 Å². The molecule has 0 aliphatic carbocycles. The molecule has 0 aromatic rings. The molecule has 0 aliphatic rings. The number of alkyl carbamates (subject to hydrolysis) is 1. The first-order chi connectivity index (χ1) is 8.21. The van der Waals surface area contributed by atoms with Crippen molar-refractivity contribution in [3.05, 3.63) is 11.1 Å². The molecule has 1 N–H and O–H groups in total. The fourth-order valence-corrected chi connectivity index (χ4v) is 1.14. The van der Waals surface area contributed by atoms with Crippen molar-refractivity contribution in [2.75, 3.05) is 13.7 Å². The average molecular weight is 339 g/mol. The number of carbonyl (C=O) groups is 2. The van der Waals surface area contributed by atoms with Gasteiger partial charge in [-0.05, 0) is 12.5 Å². The van der Waals surface area contributed by atoms with E-state index in [-0.39, 0.29) is 0 Å². The summed E-state index contributed by atoms with van der Waals surface area (Å²) in [4.78, 5) is 22.7. The van der Waals surface area contributed by atoms with Crippen molar-refractivity contribution in [2.45, 2.75) is 16.8 Å². The van der Waals surface area contributed by atoms with Crippen LogP contribution >= 0.6 is 46.4 Å². The fourth-order valence-electron chi connectivity index (χ4n) is 0.846. The Morgan fingerprint density at radius 3 is 2.33 bits per heavy atom. The highest BCUT2D eigenvalue weighted by Crippen LogP contribution is 2.25. The Labute approximate surface area is 124 Å². The van der Waals surface area contributed by atoms with Crippen LogP contribution < -0.4 is 5.32 Å². The van der Waals surface area contributed by atoms with E-state index in [9.17, 15) is 9.59 Å². The molecule has 5 nitrogen and oxygen atoms in total. The first-order valence-electron chi connectivity index (χ1n) is 4.56. The molecular weight excluding hydrogens is 328 g/mol. The number of halogens is 4. The quantitative estimate of drug-likeness (QED) is 0.632. The molecule has 0 rings (SSSR count). The zero-order valence-electron chi connectivity index (χ0n) is 9.51. The summed E-state index contributed by atoms with van der Waals surface area (Å²) in [6, 6.07) is -1.06. The standard InChI is InChI=1S/C9H11Cl4NO4/c1-5(3-10)6(7(15)17-2)14-8(16)18-4-9(11,12)13/h3,6H,4H2,1-2H3,(H,14,16)/b5-3+. The molecule has 0 fully saturated rings. The van der Waals surface area contributed by atoms with Gasteiger partial charge in [0.05, 0.1) is 7.11 Å². The monoisotopic (exact) mass is 337 g/mol. The second-order valence-corrected chi connectivity index (χ2v) is 5.88. The van der Waals surface area contributed by atoms with Gasteiger partial charge in [0.25, 0.3) is 0 Å². The topological polar surface area (TPSA) is 64.6 Å². The Bertz CT molecular complexity index is 340. The molecule has 0 bridgehead atoms. The molecule has 1 unspecified atom stereocenters. The van der Waals surface area contributed by atoms with Crippen molar-refractivity contribution in [3.8, 4) is 0 Å². The highest BCUT2D eigenvalue weighted by molar-refractivity contribution is 6.67. The molecule has 9 heteroatoms. The molecule has 0 aliphatic heterocycles. The van der Waals surface area contributed by atoms with E-state index in [4.69, 9.17) is 46.4 Å². The Morgan fingerprint density at radius 2 is 1.94 bits per heavy atom. The Balaban J connectivity index is 4.51. The van der Waals surface area contributed by atoms with Gasteiger partial charge in [0, 0.05) is 5.54 Å². The van der Waals surface area contributed by atoms with Crippen molar-refractivity contribution < 1.29 is 19.1 Å². The summed E-state index contributed by atoms with van der Waals surface area (Å²) in [5.41, 5.74) is 1.51. The van der Waals surface area contributed by atoms with Crippen LogP contribution in [0.5, 0.6) is 0 Å². The van der Waals surface area contributed by atoms with Crippen molar-refractivity contribution >= 4 is 58.5 Å². The molecule has 0 spiro atoms. The number of alkyl halides is 3. The van der Waals surface area contributed by atoms with Gasteiger partial charge in [-0.3, -0.25) is 0 Å². The molecule has 18 heavy (non-hydrogen) atoms. The minimum atomic E-state index is -1.73. The third-order valence-electron chi connectivity index (χ3n) is 1.69. The number of carbonyl (C=O) groups excluding carboxylic acids is 2. The molecule has 1 atom stereocenters. The van der Waals surface area contributed by atoms with Crippen LogP contribution in [0, 0.1) is 0 Å². The van der Waals surface area contributed by atoms with Crippen LogP contribution in [0.25, 0.3) is 0 Å². The minimum absolute atomic E-state index is 0.370. The summed E-state index contributed by atoms with van der Waals surface area (Å²) in [6.45, 7) is 1.07. The van der Waals surface area contributed by atoms with E-state index in [0.29, 0.717) is 5.57 Å². The first kappa shape index (κ1) is 17.6. The number of amides is 1. The summed E-state index contributed by atoms with van der Waals surface area (Å²) < 4.78 is 7.37. The van der Waals surface area contributed by atoms with Gasteiger partial charge in [0.1, 0.15) is 6.61 Å². The van der Waals surface area contributed by atoms with Gasteiger partial charge in [-0.15, -0.1) is 0 Å². The average Bonchev–Trinajstić information content (AvgIpc) is 2.30. The summed E-state index contributed by atoms with van der Waals surface area (Å²) in [7, 11) is 1.17. The lowest BCUT2D eigenvalue weighted by Crippen LogP contribution is -2.43. The van der Waals surface area contributed by atoms with Crippen molar-refractivity contribution in [1.29, 1.82) is 0 Å². The molecule has 1 amide bonds. The van der Waals surface area contributed by atoms with Crippen LogP contribution in [0.2, 0.25) is 0 Å². The second-order valence-electron chi connectivity index (χ2n) is 3.14. The molecule has 104 valence electrons. The van der Waals surface area contributed by atoms with E-state index in [2.05, 4.69) is 14.8 Å². The van der Waals surface area contributed by atoms with Gasteiger partial charge in [-0.25, -0.2) is 9.59 Å². The zero-order chi connectivity index (χ0) is 14.3. The van der Waals surface area contributed by atoms with Crippen LogP contribution in [0.3, 0.4) is 0 Å². The maximum absolute atomic E-state index is 11.4. The molecule has 0 saturated carbocycles. The molecule has 0 saturated heterocycles. The largest absolute Gasteiger partial charge is 0.467 e. The molecular formula is C9H11Cl4NO4. The smallest absolute Gasteiger partial charge is 0.408 e. The van der Waals surface area contributed by atoms with E-state index in [1.54, 1.807) is 0 Å². The van der Waals surface area contributed by atoms with Crippen LogP contribution in [0.4, 0.5) is 4.79 Å². The van der Waals surface area contributed by atoms with Crippen molar-refractivity contribution in [2.24, 2.45) is 0 Å². The third kappa shape index (κ3) is 7.16. The lowest BCUT2D eigenvalue weighted by atomic mass is 10.1. The maximum atomic E-state index is 11.4. The number of nitrogens with one attached hydrogen (secondary N) is 1. The Hall–Kier alpha value is -0.360. The first-order valence-corrected chi connectivity index (χ1v) is 6.13. The molecule has 0 heterocycles. The lowest BCUT2D eigenvalue weighted by Gasteiger charge is -2.17. The SMILES string of the molecule is COC(=O)C(NC(=O)OCC(Cl)(Cl)Cl)/C(C)=C/Cl. The van der Waals surface area contributed by atoms with Crippen molar-refractivity contribution in [1.82, 2.24) is 5.32 Å². The molecule has 0 radical (unpaired) electrons. The number of esters is 1. The summed E-state index contributed by atoms with van der Waals surface area (Å²) >= 11 is 21.6. The number of hydrogen-bond donors (Lipinski definition) is 1. The van der Waals surface area contributed by atoms with Gasteiger partial charge in [-0.1, -0.05) is 46.4 Å². The molecule has 0 aromatic carbocycles. The van der Waals surface area contributed by atoms with Gasteiger partial charge >= 0.3 is 12.1 Å². The summed E-state index contributed by atoms with van der Waals surface area (Å²) in [5, 5.41) is 2.23. The van der Waals surface area contributed by atoms with Crippen molar-refractivity contribution in [3.63, 3.8) is 0 Å². The van der Waals surface area contributed by atoms with E-state index in [1.807, 2.05) is 0 Å².